The lowest BCUT2D eigenvalue weighted by molar-refractivity contribution is -0.239. The number of rotatable bonds is 5. The second kappa shape index (κ2) is 13.2. The Labute approximate surface area is 208 Å². The Kier molecular flexibility index (Phi) is 10.7. The van der Waals surface area contributed by atoms with Crippen molar-refractivity contribution < 1.29 is 36.7 Å². The van der Waals surface area contributed by atoms with E-state index in [0.29, 0.717) is 0 Å². The van der Waals surface area contributed by atoms with Crippen molar-refractivity contribution in [2.75, 3.05) is 0 Å². The predicted molar refractivity (Wildman–Crippen MR) is 127 cm³/mol. The first-order chi connectivity index (χ1) is 16.3. The SMILES string of the molecule is S.[O-]B(O)Oc1c(F)c(F)c(F)c(F)c1F.c1ccc([S+](c2ccccc2)c2ccccc2)cc1. The molecule has 0 fully saturated rings. The van der Waals surface area contributed by atoms with Gasteiger partial charge in [-0.15, -0.1) is 0 Å². The normalized spacial score (nSPS) is 10.2. The first-order valence-electron chi connectivity index (χ1n) is 9.72. The van der Waals surface area contributed by atoms with Crippen LogP contribution in [-0.2, 0) is 10.9 Å². The zero-order valence-electron chi connectivity index (χ0n) is 17.8. The number of hydrogen-bond acceptors (Lipinski definition) is 3. The average Bonchev–Trinajstić information content (AvgIpc) is 2.87. The van der Waals surface area contributed by atoms with Crippen molar-refractivity contribution in [2.24, 2.45) is 0 Å². The molecule has 11 heteroatoms. The van der Waals surface area contributed by atoms with Crippen LogP contribution < -0.4 is 9.68 Å². The Morgan fingerprint density at radius 3 is 1.14 bits per heavy atom. The molecule has 0 aromatic heterocycles. The van der Waals surface area contributed by atoms with Gasteiger partial charge in [0.05, 0.1) is 10.9 Å². The molecule has 4 aromatic carbocycles. The smallest absolute Gasteiger partial charge is 0.415 e. The van der Waals surface area contributed by atoms with Crippen LogP contribution in [0.3, 0.4) is 0 Å². The lowest BCUT2D eigenvalue weighted by Crippen LogP contribution is -2.38. The fraction of sp³-hybridized carbons (Fsp3) is 0. The Hall–Kier alpha value is -2.99. The highest BCUT2D eigenvalue weighted by Crippen LogP contribution is 2.31. The Morgan fingerprint density at radius 1 is 0.571 bits per heavy atom. The van der Waals surface area contributed by atoms with Crippen LogP contribution in [-0.4, -0.2) is 12.3 Å². The monoisotopic (exact) mass is 524 g/mol. The van der Waals surface area contributed by atoms with Crippen LogP contribution in [0.2, 0.25) is 0 Å². The van der Waals surface area contributed by atoms with Crippen molar-refractivity contribution in [1.29, 1.82) is 0 Å². The molecule has 182 valence electrons. The second-order valence-corrected chi connectivity index (χ2v) is 8.60. The lowest BCUT2D eigenvalue weighted by Gasteiger charge is -2.15. The highest BCUT2D eigenvalue weighted by atomic mass is 32.2. The van der Waals surface area contributed by atoms with Gasteiger partial charge >= 0.3 is 7.32 Å². The molecule has 4 aromatic rings. The van der Waals surface area contributed by atoms with Crippen molar-refractivity contribution in [2.45, 2.75) is 14.7 Å². The molecule has 0 atom stereocenters. The standard InChI is InChI=1S/C18H15S.C6HBF5O3.H2S/c1-4-10-16(11-5-1)19(17-12-6-2-7-13-17)18-14-8-3-9-15-18;8-1-2(9)4(11)6(15-7(13)14)5(12)3(1)10;/h1-15H;13H;1H2/q+1;-1;. The van der Waals surface area contributed by atoms with E-state index in [9.17, 15) is 27.0 Å². The van der Waals surface area contributed by atoms with E-state index in [1.807, 2.05) is 0 Å². The molecule has 0 saturated heterocycles. The fourth-order valence-electron chi connectivity index (χ4n) is 2.87. The molecule has 4 rings (SSSR count). The fourth-order valence-corrected chi connectivity index (χ4v) is 4.97. The molecule has 0 radical (unpaired) electrons. The summed E-state index contributed by atoms with van der Waals surface area (Å²) in [5.41, 5.74) is 0. The third-order valence-corrected chi connectivity index (χ3v) is 6.56. The van der Waals surface area contributed by atoms with Crippen molar-refractivity contribution in [3.63, 3.8) is 0 Å². The highest BCUT2D eigenvalue weighted by molar-refractivity contribution is 7.97. The van der Waals surface area contributed by atoms with E-state index < -0.39 is 42.2 Å². The quantitative estimate of drug-likeness (QED) is 0.132. The second-order valence-electron chi connectivity index (χ2n) is 6.57. The summed E-state index contributed by atoms with van der Waals surface area (Å²) >= 11 is 0. The molecule has 1 N–H and O–H groups in total. The number of hydrogen-bond donors (Lipinski definition) is 1. The van der Waals surface area contributed by atoms with E-state index in [-0.39, 0.29) is 24.4 Å². The van der Waals surface area contributed by atoms with Crippen molar-refractivity contribution in [3.05, 3.63) is 120 Å². The third-order valence-electron chi connectivity index (χ3n) is 4.32. The van der Waals surface area contributed by atoms with Gasteiger partial charge in [0.25, 0.3) is 0 Å². The van der Waals surface area contributed by atoms with Crippen LogP contribution >= 0.6 is 13.5 Å². The number of benzene rings is 4. The maximum absolute atomic E-state index is 12.7. The summed E-state index contributed by atoms with van der Waals surface area (Å²) in [6.07, 6.45) is 0. The van der Waals surface area contributed by atoms with Gasteiger partial charge < -0.3 is 14.7 Å². The zero-order chi connectivity index (χ0) is 24.7. The van der Waals surface area contributed by atoms with Gasteiger partial charge in [-0.2, -0.15) is 22.3 Å². The molecule has 0 heterocycles. The molecule has 0 aliphatic rings. The van der Waals surface area contributed by atoms with Gasteiger partial charge in [-0.05, 0) is 36.4 Å². The van der Waals surface area contributed by atoms with E-state index in [2.05, 4.69) is 95.6 Å². The van der Waals surface area contributed by atoms with Crippen LogP contribution in [0.4, 0.5) is 22.0 Å². The first kappa shape index (κ1) is 28.3. The van der Waals surface area contributed by atoms with E-state index in [1.165, 1.54) is 14.7 Å². The first-order valence-corrected chi connectivity index (χ1v) is 10.9. The minimum Gasteiger partial charge on any atom is -0.820 e. The molecule has 0 unspecified atom stereocenters. The van der Waals surface area contributed by atoms with Gasteiger partial charge in [0.1, 0.15) is 0 Å². The molecular formula is C24H18BF5O3S2. The minimum atomic E-state index is -2.95. The Balaban J connectivity index is 0.000000247. The van der Waals surface area contributed by atoms with Crippen LogP contribution in [0.15, 0.2) is 106 Å². The topological polar surface area (TPSA) is 52.5 Å². The summed E-state index contributed by atoms with van der Waals surface area (Å²) in [7, 11) is -2.96. The molecule has 0 amide bonds. The summed E-state index contributed by atoms with van der Waals surface area (Å²) in [5.74, 6) is -13.3. The van der Waals surface area contributed by atoms with E-state index in [0.717, 1.165) is 0 Å². The van der Waals surface area contributed by atoms with Crippen LogP contribution in [0, 0.1) is 29.1 Å². The molecule has 3 nitrogen and oxygen atoms in total. The molecular weight excluding hydrogens is 506 g/mol. The van der Waals surface area contributed by atoms with E-state index in [4.69, 9.17) is 5.02 Å². The third kappa shape index (κ3) is 7.01. The van der Waals surface area contributed by atoms with Crippen LogP contribution in [0.1, 0.15) is 0 Å². The van der Waals surface area contributed by atoms with Crippen LogP contribution in [0.5, 0.6) is 5.75 Å². The number of halogens is 5. The highest BCUT2D eigenvalue weighted by Gasteiger charge is 2.28. The van der Waals surface area contributed by atoms with Gasteiger partial charge in [0.15, 0.2) is 20.4 Å². The van der Waals surface area contributed by atoms with Crippen molar-refractivity contribution in [3.8, 4) is 5.75 Å². The lowest BCUT2D eigenvalue weighted by atomic mass is 10.2. The summed E-state index contributed by atoms with van der Waals surface area (Å²) in [6.45, 7) is 0. The largest absolute Gasteiger partial charge is 0.820 e. The summed E-state index contributed by atoms with van der Waals surface area (Å²) in [6, 6.07) is 32.2. The van der Waals surface area contributed by atoms with E-state index >= 15 is 0 Å². The predicted octanol–water partition coefficient (Wildman–Crippen LogP) is 4.99. The van der Waals surface area contributed by atoms with Gasteiger partial charge in [0, 0.05) is 0 Å². The van der Waals surface area contributed by atoms with Gasteiger partial charge in [-0.1, -0.05) is 54.6 Å². The Morgan fingerprint density at radius 2 is 0.857 bits per heavy atom. The van der Waals surface area contributed by atoms with Gasteiger partial charge in [-0.25, -0.2) is 13.2 Å². The Bertz CT molecular complexity index is 1100. The zero-order valence-corrected chi connectivity index (χ0v) is 19.6. The summed E-state index contributed by atoms with van der Waals surface area (Å²) in [5, 5.41) is 18.0. The summed E-state index contributed by atoms with van der Waals surface area (Å²) < 4.78 is 66.1. The maximum atomic E-state index is 12.7. The molecule has 0 saturated carbocycles. The summed E-state index contributed by atoms with van der Waals surface area (Å²) in [4.78, 5) is 4.08. The van der Waals surface area contributed by atoms with Crippen molar-refractivity contribution >= 4 is 31.7 Å². The molecule has 0 bridgehead atoms. The molecule has 0 spiro atoms. The average molecular weight is 524 g/mol. The molecule has 35 heavy (non-hydrogen) atoms. The molecule has 0 aliphatic carbocycles. The van der Waals surface area contributed by atoms with Crippen LogP contribution in [0.25, 0.3) is 0 Å². The molecule has 0 aliphatic heterocycles. The maximum Gasteiger partial charge on any atom is 0.415 e. The van der Waals surface area contributed by atoms with Crippen molar-refractivity contribution in [1.82, 2.24) is 0 Å². The van der Waals surface area contributed by atoms with Gasteiger partial charge in [-0.3, -0.25) is 0 Å². The van der Waals surface area contributed by atoms with Gasteiger partial charge in [0.2, 0.25) is 29.1 Å². The van der Waals surface area contributed by atoms with E-state index in [1.54, 1.807) is 0 Å². The minimum absolute atomic E-state index is 0.